The van der Waals surface area contributed by atoms with Crippen LogP contribution in [0.15, 0.2) is 29.8 Å². The van der Waals surface area contributed by atoms with Crippen LogP contribution >= 0.6 is 11.3 Å². The third-order valence-electron chi connectivity index (χ3n) is 3.83. The van der Waals surface area contributed by atoms with E-state index in [1.807, 2.05) is 5.51 Å². The highest BCUT2D eigenvalue weighted by atomic mass is 32.1. The Bertz CT molecular complexity index is 558. The largest absolute Gasteiger partial charge is 0.380 e. The van der Waals surface area contributed by atoms with Crippen molar-refractivity contribution in [2.75, 3.05) is 18.4 Å². The van der Waals surface area contributed by atoms with Crippen LogP contribution in [0.2, 0.25) is 0 Å². The smallest absolute Gasteiger partial charge is 0.0798 e. The summed E-state index contributed by atoms with van der Waals surface area (Å²) in [5.41, 5.74) is 5.65. The number of hydrogen-bond donors (Lipinski definition) is 1. The summed E-state index contributed by atoms with van der Waals surface area (Å²) in [7, 11) is 0. The molecule has 2 aromatic rings. The van der Waals surface area contributed by atoms with Gasteiger partial charge < -0.3 is 5.32 Å². The highest BCUT2D eigenvalue weighted by Crippen LogP contribution is 2.18. The molecule has 0 aliphatic carbocycles. The molecule has 1 aliphatic heterocycles. The van der Waals surface area contributed by atoms with Crippen molar-refractivity contribution in [2.45, 2.75) is 32.9 Å². The van der Waals surface area contributed by atoms with Crippen molar-refractivity contribution in [1.29, 1.82) is 0 Å². The highest BCUT2D eigenvalue weighted by Gasteiger charge is 2.11. The number of anilines is 1. The number of aryl methyl sites for hydroxylation is 1. The first-order valence-corrected chi connectivity index (χ1v) is 8.13. The first-order chi connectivity index (χ1) is 9.81. The molecule has 20 heavy (non-hydrogen) atoms. The molecule has 0 atom stereocenters. The zero-order chi connectivity index (χ0) is 13.8. The fourth-order valence-corrected chi connectivity index (χ4v) is 3.37. The minimum Gasteiger partial charge on any atom is -0.380 e. The van der Waals surface area contributed by atoms with E-state index in [0.29, 0.717) is 0 Å². The molecule has 0 spiro atoms. The molecular formula is C16H21N3S. The molecule has 1 aromatic carbocycles. The summed E-state index contributed by atoms with van der Waals surface area (Å²) in [6.07, 6.45) is 2.70. The van der Waals surface area contributed by atoms with Crippen molar-refractivity contribution in [3.8, 4) is 0 Å². The number of nitrogens with zero attached hydrogens (tertiary/aromatic N) is 2. The van der Waals surface area contributed by atoms with Crippen LogP contribution in [0.5, 0.6) is 0 Å². The second kappa shape index (κ2) is 6.37. The number of thiazole rings is 1. The van der Waals surface area contributed by atoms with E-state index in [2.05, 4.69) is 46.4 Å². The molecule has 1 N–H and O–H groups in total. The predicted molar refractivity (Wildman–Crippen MR) is 85.1 cm³/mol. The minimum atomic E-state index is 0.865. The average molecular weight is 287 g/mol. The van der Waals surface area contributed by atoms with Crippen LogP contribution in [-0.4, -0.2) is 23.0 Å². The van der Waals surface area contributed by atoms with Crippen LogP contribution in [-0.2, 0) is 13.1 Å². The lowest BCUT2D eigenvalue weighted by Gasteiger charge is -2.15. The van der Waals surface area contributed by atoms with Crippen LogP contribution in [0, 0.1) is 6.92 Å². The van der Waals surface area contributed by atoms with Crippen LogP contribution < -0.4 is 5.32 Å². The van der Waals surface area contributed by atoms with E-state index in [4.69, 9.17) is 0 Å². The quantitative estimate of drug-likeness (QED) is 0.909. The van der Waals surface area contributed by atoms with Crippen molar-refractivity contribution in [3.63, 3.8) is 0 Å². The molecule has 1 fully saturated rings. The zero-order valence-electron chi connectivity index (χ0n) is 11.9. The first-order valence-electron chi connectivity index (χ1n) is 7.25. The number of hydrogen-bond acceptors (Lipinski definition) is 4. The van der Waals surface area contributed by atoms with E-state index in [0.717, 1.165) is 18.8 Å². The summed E-state index contributed by atoms with van der Waals surface area (Å²) in [6, 6.07) is 8.78. The van der Waals surface area contributed by atoms with Crippen LogP contribution in [0.1, 0.15) is 29.0 Å². The molecule has 3 rings (SSSR count). The van der Waals surface area contributed by atoms with Gasteiger partial charge in [0.25, 0.3) is 0 Å². The Balaban J connectivity index is 1.60. The van der Waals surface area contributed by atoms with Gasteiger partial charge in [-0.25, -0.2) is 4.98 Å². The summed E-state index contributed by atoms with van der Waals surface area (Å²) >= 11 is 1.72. The topological polar surface area (TPSA) is 28.2 Å². The van der Waals surface area contributed by atoms with Gasteiger partial charge in [-0.2, -0.15) is 0 Å². The van der Waals surface area contributed by atoms with E-state index in [9.17, 15) is 0 Å². The Morgan fingerprint density at radius 1 is 1.30 bits per heavy atom. The molecule has 4 heteroatoms. The van der Waals surface area contributed by atoms with Gasteiger partial charge in [-0.15, -0.1) is 11.3 Å². The van der Waals surface area contributed by atoms with Gasteiger partial charge in [-0.05, 0) is 50.6 Å². The van der Waals surface area contributed by atoms with Crippen molar-refractivity contribution in [3.05, 3.63) is 45.9 Å². The third-order valence-corrected chi connectivity index (χ3v) is 4.76. The molecule has 0 bridgehead atoms. The Morgan fingerprint density at radius 3 is 2.90 bits per heavy atom. The lowest BCUT2D eigenvalue weighted by atomic mass is 10.2. The standard InChI is InChI=1S/C16H21N3S/c1-13-16(20-12-18-13)10-17-15-6-4-5-14(9-15)11-19-7-2-3-8-19/h4-6,9,12,17H,2-3,7-8,10-11H2,1H3. The summed E-state index contributed by atoms with van der Waals surface area (Å²) in [5, 5.41) is 3.51. The molecule has 1 saturated heterocycles. The first kappa shape index (κ1) is 13.6. The van der Waals surface area contributed by atoms with Crippen molar-refractivity contribution in [2.24, 2.45) is 0 Å². The lowest BCUT2D eigenvalue weighted by Crippen LogP contribution is -2.18. The van der Waals surface area contributed by atoms with Crippen LogP contribution in [0.3, 0.4) is 0 Å². The van der Waals surface area contributed by atoms with Crippen molar-refractivity contribution in [1.82, 2.24) is 9.88 Å². The van der Waals surface area contributed by atoms with Gasteiger partial charge in [0.2, 0.25) is 0 Å². The molecule has 0 saturated carbocycles. The Morgan fingerprint density at radius 2 is 2.15 bits per heavy atom. The van der Waals surface area contributed by atoms with E-state index in [-0.39, 0.29) is 0 Å². The Kier molecular flexibility index (Phi) is 4.33. The van der Waals surface area contributed by atoms with Crippen LogP contribution in [0.25, 0.3) is 0 Å². The lowest BCUT2D eigenvalue weighted by molar-refractivity contribution is 0.331. The average Bonchev–Trinajstić information content (AvgIpc) is 3.09. The van der Waals surface area contributed by atoms with Crippen LogP contribution in [0.4, 0.5) is 5.69 Å². The second-order valence-corrected chi connectivity index (χ2v) is 6.34. The number of nitrogens with one attached hydrogen (secondary N) is 1. The van der Waals surface area contributed by atoms with Gasteiger partial charge in [0.1, 0.15) is 0 Å². The van der Waals surface area contributed by atoms with Gasteiger partial charge in [0.05, 0.1) is 17.7 Å². The molecule has 0 amide bonds. The Labute approximate surface area is 124 Å². The molecule has 1 aromatic heterocycles. The predicted octanol–water partition coefficient (Wildman–Crippen LogP) is 3.66. The number of rotatable bonds is 5. The monoisotopic (exact) mass is 287 g/mol. The summed E-state index contributed by atoms with van der Waals surface area (Å²) in [6.45, 7) is 6.51. The normalized spacial score (nSPS) is 15.7. The van der Waals surface area contributed by atoms with Gasteiger partial charge in [0.15, 0.2) is 0 Å². The molecule has 3 nitrogen and oxygen atoms in total. The van der Waals surface area contributed by atoms with Crippen molar-refractivity contribution < 1.29 is 0 Å². The maximum absolute atomic E-state index is 4.29. The number of likely N-dealkylation sites (tertiary alicyclic amines) is 1. The van der Waals surface area contributed by atoms with E-state index in [1.54, 1.807) is 11.3 Å². The second-order valence-electron chi connectivity index (χ2n) is 5.40. The SMILES string of the molecule is Cc1ncsc1CNc1cccc(CN2CCCC2)c1. The van der Waals surface area contributed by atoms with Gasteiger partial charge in [-0.3, -0.25) is 4.90 Å². The van der Waals surface area contributed by atoms with E-state index in [1.165, 1.54) is 42.1 Å². The Hall–Kier alpha value is -1.39. The molecule has 0 unspecified atom stereocenters. The van der Waals surface area contributed by atoms with Gasteiger partial charge >= 0.3 is 0 Å². The summed E-state index contributed by atoms with van der Waals surface area (Å²) in [4.78, 5) is 8.14. The summed E-state index contributed by atoms with van der Waals surface area (Å²) < 4.78 is 0. The molecule has 0 radical (unpaired) electrons. The third kappa shape index (κ3) is 3.38. The fourth-order valence-electron chi connectivity index (χ4n) is 2.66. The minimum absolute atomic E-state index is 0.865. The molecule has 2 heterocycles. The van der Waals surface area contributed by atoms with E-state index >= 15 is 0 Å². The van der Waals surface area contributed by atoms with Gasteiger partial charge in [0, 0.05) is 17.1 Å². The molecule has 106 valence electrons. The summed E-state index contributed by atoms with van der Waals surface area (Å²) in [5.74, 6) is 0. The van der Waals surface area contributed by atoms with Crippen molar-refractivity contribution >= 4 is 17.0 Å². The van der Waals surface area contributed by atoms with E-state index < -0.39 is 0 Å². The molecular weight excluding hydrogens is 266 g/mol. The highest BCUT2D eigenvalue weighted by molar-refractivity contribution is 7.09. The van der Waals surface area contributed by atoms with Gasteiger partial charge in [-0.1, -0.05) is 12.1 Å². The fraction of sp³-hybridized carbons (Fsp3) is 0.438. The maximum Gasteiger partial charge on any atom is 0.0798 e. The molecule has 1 aliphatic rings. The number of aromatic nitrogens is 1. The zero-order valence-corrected chi connectivity index (χ0v) is 12.7. The number of benzene rings is 1. The maximum atomic E-state index is 4.29.